The highest BCUT2D eigenvalue weighted by Crippen LogP contribution is 2.00. The number of aromatic nitrogens is 5. The summed E-state index contributed by atoms with van der Waals surface area (Å²) in [5.41, 5.74) is 9.03. The molecule has 2 rings (SSSR count). The van der Waals surface area contributed by atoms with E-state index in [9.17, 15) is 14.4 Å². The number of amides is 2. The zero-order valence-corrected chi connectivity index (χ0v) is 8.40. The molecule has 0 saturated heterocycles. The van der Waals surface area contributed by atoms with E-state index in [-0.39, 0.29) is 11.3 Å². The van der Waals surface area contributed by atoms with Crippen LogP contribution in [0.3, 0.4) is 0 Å². The van der Waals surface area contributed by atoms with Gasteiger partial charge < -0.3 is 11.5 Å². The van der Waals surface area contributed by atoms with E-state index >= 15 is 0 Å². The number of nitrogens with two attached hydrogens (primary N) is 2. The van der Waals surface area contributed by atoms with Crippen LogP contribution in [0.5, 0.6) is 0 Å². The van der Waals surface area contributed by atoms with Crippen molar-refractivity contribution in [3.05, 3.63) is 22.5 Å². The number of carbonyl (C=O) groups is 2. The number of hydrogen-bond donors (Lipinski definition) is 2. The Balaban J connectivity index is 2.66. The fourth-order valence-electron chi connectivity index (χ4n) is 1.26. The summed E-state index contributed by atoms with van der Waals surface area (Å²) >= 11 is 0. The zero-order chi connectivity index (χ0) is 12.6. The second kappa shape index (κ2) is 3.66. The molecule has 0 aromatic carbocycles. The van der Waals surface area contributed by atoms with Crippen molar-refractivity contribution in [1.82, 2.24) is 24.4 Å². The van der Waals surface area contributed by atoms with Gasteiger partial charge in [-0.1, -0.05) is 5.21 Å². The first-order valence-electron chi connectivity index (χ1n) is 4.39. The van der Waals surface area contributed by atoms with Crippen LogP contribution >= 0.6 is 0 Å². The predicted octanol–water partition coefficient (Wildman–Crippen LogP) is -3.13. The average Bonchev–Trinajstić information content (AvgIpc) is 2.66. The smallest absolute Gasteiger partial charge is 0.353 e. The topological polar surface area (TPSA) is 151 Å². The van der Waals surface area contributed by atoms with Crippen molar-refractivity contribution in [3.8, 4) is 0 Å². The molecule has 2 heterocycles. The Hall–Kier alpha value is -2.78. The molecule has 2 aromatic heterocycles. The fraction of sp³-hybridized carbons (Fsp3) is 0.143. The van der Waals surface area contributed by atoms with E-state index in [4.69, 9.17) is 11.5 Å². The second-order valence-corrected chi connectivity index (χ2v) is 3.15. The zero-order valence-electron chi connectivity index (χ0n) is 8.40. The molecule has 0 aliphatic rings. The number of primary amides is 2. The van der Waals surface area contributed by atoms with Gasteiger partial charge in [-0.15, -0.1) is 5.10 Å². The van der Waals surface area contributed by atoms with Crippen LogP contribution in [-0.4, -0.2) is 36.2 Å². The number of nitrogens with zero attached hydrogens (tertiary/aromatic N) is 5. The Morgan fingerprint density at radius 3 is 2.65 bits per heavy atom. The Morgan fingerprint density at radius 1 is 1.35 bits per heavy atom. The standard InChI is InChI=1S/C7H7N7O3/c8-3(15)1-14-7(17)13-2-10-4(5(9)16)6(13)11-12-14/h2H,1H2,(H2,8,15)(H2,9,16). The minimum Gasteiger partial charge on any atom is -0.368 e. The first-order chi connectivity index (χ1) is 8.00. The van der Waals surface area contributed by atoms with Crippen LogP contribution in [0.4, 0.5) is 0 Å². The van der Waals surface area contributed by atoms with E-state index in [1.54, 1.807) is 0 Å². The summed E-state index contributed by atoms with van der Waals surface area (Å²) in [5.74, 6) is -1.56. The molecule has 10 nitrogen and oxygen atoms in total. The van der Waals surface area contributed by atoms with Crippen molar-refractivity contribution < 1.29 is 9.59 Å². The highest BCUT2D eigenvalue weighted by Gasteiger charge is 2.15. The molecule has 10 heteroatoms. The minimum atomic E-state index is -0.825. The number of imidazole rings is 1. The minimum absolute atomic E-state index is 0.0665. The van der Waals surface area contributed by atoms with Gasteiger partial charge in [-0.2, -0.15) is 4.68 Å². The van der Waals surface area contributed by atoms with Crippen LogP contribution in [0, 0.1) is 0 Å². The van der Waals surface area contributed by atoms with Gasteiger partial charge in [-0.3, -0.25) is 9.59 Å². The highest BCUT2D eigenvalue weighted by molar-refractivity contribution is 5.96. The number of carbonyl (C=O) groups excluding carboxylic acids is 2. The molecule has 0 spiro atoms. The molecule has 0 bridgehead atoms. The first-order valence-corrected chi connectivity index (χ1v) is 4.39. The molecule has 4 N–H and O–H groups in total. The monoisotopic (exact) mass is 237 g/mol. The predicted molar refractivity (Wildman–Crippen MR) is 52.8 cm³/mol. The molecular weight excluding hydrogens is 230 g/mol. The van der Waals surface area contributed by atoms with E-state index in [0.29, 0.717) is 0 Å². The van der Waals surface area contributed by atoms with Gasteiger partial charge in [-0.25, -0.2) is 14.2 Å². The first kappa shape index (κ1) is 10.7. The van der Waals surface area contributed by atoms with Crippen LogP contribution in [-0.2, 0) is 11.3 Å². The van der Waals surface area contributed by atoms with Gasteiger partial charge in [0.1, 0.15) is 12.9 Å². The van der Waals surface area contributed by atoms with Crippen molar-refractivity contribution in [2.75, 3.05) is 0 Å². The molecular formula is C7H7N7O3. The van der Waals surface area contributed by atoms with E-state index in [1.165, 1.54) is 0 Å². The van der Waals surface area contributed by atoms with Gasteiger partial charge in [0.25, 0.3) is 5.91 Å². The second-order valence-electron chi connectivity index (χ2n) is 3.15. The summed E-state index contributed by atoms with van der Waals surface area (Å²) in [6, 6.07) is 0. The summed E-state index contributed by atoms with van der Waals surface area (Å²) in [7, 11) is 0. The summed E-state index contributed by atoms with van der Waals surface area (Å²) in [6.45, 7) is -0.411. The Bertz CT molecular complexity index is 670. The molecule has 0 aliphatic heterocycles. The van der Waals surface area contributed by atoms with Crippen LogP contribution in [0.25, 0.3) is 5.65 Å². The van der Waals surface area contributed by atoms with Gasteiger partial charge in [0, 0.05) is 0 Å². The summed E-state index contributed by atoms with van der Waals surface area (Å²) in [4.78, 5) is 37.0. The molecule has 0 saturated carbocycles. The van der Waals surface area contributed by atoms with Crippen molar-refractivity contribution >= 4 is 17.5 Å². The SMILES string of the molecule is NC(=O)Cn1nnc2c(C(N)=O)ncn2c1=O. The maximum absolute atomic E-state index is 11.7. The van der Waals surface area contributed by atoms with Gasteiger partial charge in [-0.05, 0) is 0 Å². The Morgan fingerprint density at radius 2 is 2.06 bits per heavy atom. The molecule has 0 aliphatic carbocycles. The normalized spacial score (nSPS) is 10.6. The lowest BCUT2D eigenvalue weighted by Gasteiger charge is -2.00. The summed E-state index contributed by atoms with van der Waals surface area (Å²) < 4.78 is 1.71. The van der Waals surface area contributed by atoms with Gasteiger partial charge in [0.2, 0.25) is 5.91 Å². The summed E-state index contributed by atoms with van der Waals surface area (Å²) in [6.07, 6.45) is 1.07. The third kappa shape index (κ3) is 1.71. The lowest BCUT2D eigenvalue weighted by molar-refractivity contribution is -0.118. The van der Waals surface area contributed by atoms with Crippen molar-refractivity contribution in [3.63, 3.8) is 0 Å². The van der Waals surface area contributed by atoms with Gasteiger partial charge >= 0.3 is 5.69 Å². The fourth-order valence-corrected chi connectivity index (χ4v) is 1.26. The van der Waals surface area contributed by atoms with Crippen LogP contribution in [0.15, 0.2) is 11.1 Å². The lowest BCUT2D eigenvalue weighted by atomic mass is 10.4. The Labute approximate surface area is 92.8 Å². The van der Waals surface area contributed by atoms with E-state index in [0.717, 1.165) is 15.4 Å². The van der Waals surface area contributed by atoms with Crippen LogP contribution in [0.2, 0.25) is 0 Å². The van der Waals surface area contributed by atoms with Crippen LogP contribution in [0.1, 0.15) is 10.5 Å². The molecule has 0 fully saturated rings. The van der Waals surface area contributed by atoms with Gasteiger partial charge in [0.05, 0.1) is 0 Å². The van der Waals surface area contributed by atoms with Crippen molar-refractivity contribution in [2.24, 2.45) is 11.5 Å². The van der Waals surface area contributed by atoms with Crippen molar-refractivity contribution in [2.45, 2.75) is 6.54 Å². The lowest BCUT2D eigenvalue weighted by Crippen LogP contribution is -2.34. The highest BCUT2D eigenvalue weighted by atomic mass is 16.2. The number of fused-ring (bicyclic) bond motifs is 1. The largest absolute Gasteiger partial charge is 0.368 e. The molecule has 88 valence electrons. The quantitative estimate of drug-likeness (QED) is 0.575. The number of hydrogen-bond acceptors (Lipinski definition) is 6. The van der Waals surface area contributed by atoms with E-state index in [1.807, 2.05) is 0 Å². The van der Waals surface area contributed by atoms with Crippen molar-refractivity contribution in [1.29, 1.82) is 0 Å². The average molecular weight is 237 g/mol. The third-order valence-electron chi connectivity index (χ3n) is 1.96. The third-order valence-corrected chi connectivity index (χ3v) is 1.96. The maximum atomic E-state index is 11.7. The Kier molecular flexibility index (Phi) is 2.31. The molecule has 2 aromatic rings. The molecule has 0 unspecified atom stereocenters. The maximum Gasteiger partial charge on any atom is 0.353 e. The molecule has 17 heavy (non-hydrogen) atoms. The van der Waals surface area contributed by atoms with Crippen LogP contribution < -0.4 is 17.2 Å². The number of rotatable bonds is 3. The molecule has 2 amide bonds. The van der Waals surface area contributed by atoms with E-state index in [2.05, 4.69) is 15.3 Å². The van der Waals surface area contributed by atoms with Gasteiger partial charge in [0.15, 0.2) is 11.3 Å². The molecule has 0 atom stereocenters. The molecule has 0 radical (unpaired) electrons. The van der Waals surface area contributed by atoms with E-state index < -0.39 is 24.0 Å². The summed E-state index contributed by atoms with van der Waals surface area (Å²) in [5, 5.41) is 7.03.